The zero-order valence-corrected chi connectivity index (χ0v) is 17.0. The van der Waals surface area contributed by atoms with Gasteiger partial charge in [-0.1, -0.05) is 0 Å². The minimum Gasteiger partial charge on any atom is -0.379 e. The lowest BCUT2D eigenvalue weighted by atomic mass is 9.90. The molecule has 0 radical (unpaired) electrons. The molecule has 0 spiro atoms. The summed E-state index contributed by atoms with van der Waals surface area (Å²) in [5, 5.41) is 6.59. The first-order valence-corrected chi connectivity index (χ1v) is 10.3. The fourth-order valence-electron chi connectivity index (χ4n) is 4.15. The smallest absolute Gasteiger partial charge is 0.225 e. The average molecular weight is 378 g/mol. The minimum absolute atomic E-state index is 0.133. The molecule has 1 aliphatic heterocycles. The molecule has 1 saturated heterocycles. The summed E-state index contributed by atoms with van der Waals surface area (Å²) in [6.07, 6.45) is 7.06. The Balaban J connectivity index is 1.48. The Labute approximate surface area is 163 Å². The summed E-state index contributed by atoms with van der Waals surface area (Å²) in [6.45, 7) is 6.44. The third kappa shape index (κ3) is 6.02. The molecule has 1 aromatic heterocycles. The Morgan fingerprint density at radius 2 is 2.00 bits per heavy atom. The molecule has 0 aromatic carbocycles. The van der Waals surface area contributed by atoms with Crippen LogP contribution < -0.4 is 10.6 Å². The Hall–Kier alpha value is -1.44. The van der Waals surface area contributed by atoms with Crippen molar-refractivity contribution in [3.05, 3.63) is 11.8 Å². The van der Waals surface area contributed by atoms with Gasteiger partial charge in [0, 0.05) is 45.1 Å². The molecule has 0 bridgehead atoms. The highest BCUT2D eigenvalue weighted by molar-refractivity contribution is 5.42. The van der Waals surface area contributed by atoms with Crippen molar-refractivity contribution in [2.75, 3.05) is 51.0 Å². The van der Waals surface area contributed by atoms with Crippen molar-refractivity contribution >= 4 is 11.8 Å². The number of hydrogen-bond acceptors (Lipinski definition) is 7. The third-order valence-electron chi connectivity index (χ3n) is 5.63. The summed E-state index contributed by atoms with van der Waals surface area (Å²) in [6, 6.07) is 2.26. The number of nitrogens with one attached hydrogen (secondary N) is 2. The van der Waals surface area contributed by atoms with Gasteiger partial charge in [0.15, 0.2) is 0 Å². The number of methoxy groups -OCH3 is 1. The van der Waals surface area contributed by atoms with Crippen LogP contribution in [0.5, 0.6) is 0 Å². The van der Waals surface area contributed by atoms with E-state index in [0.717, 1.165) is 50.3 Å². The molecule has 3 rings (SSSR count). The van der Waals surface area contributed by atoms with Gasteiger partial charge in [0.2, 0.25) is 5.95 Å². The molecule has 152 valence electrons. The molecular weight excluding hydrogens is 342 g/mol. The number of hydrogen-bond donors (Lipinski definition) is 2. The van der Waals surface area contributed by atoms with Crippen molar-refractivity contribution in [2.45, 2.75) is 63.7 Å². The Morgan fingerprint density at radius 3 is 2.74 bits per heavy atom. The van der Waals surface area contributed by atoms with Gasteiger partial charge in [-0.2, -0.15) is 4.98 Å². The minimum atomic E-state index is 0.133. The number of nitrogens with zero attached hydrogens (tertiary/aromatic N) is 3. The number of aromatic nitrogens is 2. The van der Waals surface area contributed by atoms with Crippen molar-refractivity contribution in [1.29, 1.82) is 0 Å². The van der Waals surface area contributed by atoms with E-state index < -0.39 is 0 Å². The number of likely N-dealkylation sites (tertiary alicyclic amines) is 1. The molecule has 7 nitrogen and oxygen atoms in total. The zero-order valence-electron chi connectivity index (χ0n) is 17.0. The van der Waals surface area contributed by atoms with Gasteiger partial charge in [-0.15, -0.1) is 0 Å². The van der Waals surface area contributed by atoms with E-state index in [2.05, 4.69) is 25.5 Å². The highest BCUT2D eigenvalue weighted by atomic mass is 16.5. The van der Waals surface area contributed by atoms with E-state index in [0.29, 0.717) is 12.0 Å². The van der Waals surface area contributed by atoms with Crippen LogP contribution >= 0.6 is 0 Å². The first-order valence-electron chi connectivity index (χ1n) is 10.3. The summed E-state index contributed by atoms with van der Waals surface area (Å²) >= 11 is 0. The SMILES string of the molecule is CNc1cc(C)nc(NC2CCC(OC)C(OCCCN3CCCC3)C2)n1. The second-order valence-corrected chi connectivity index (χ2v) is 7.71. The van der Waals surface area contributed by atoms with E-state index >= 15 is 0 Å². The number of rotatable bonds is 9. The standard InChI is InChI=1S/C20H35N5O2/c1-15-13-19(21-2)24-20(22-15)23-16-7-8-17(26-3)18(14-16)27-12-6-11-25-9-4-5-10-25/h13,16-18H,4-12,14H2,1-3H3,(H2,21,22,23,24). The molecule has 1 aliphatic carbocycles. The predicted molar refractivity (Wildman–Crippen MR) is 108 cm³/mol. The molecule has 27 heavy (non-hydrogen) atoms. The molecule has 2 heterocycles. The molecule has 2 aliphatic rings. The summed E-state index contributed by atoms with van der Waals surface area (Å²) < 4.78 is 11.9. The molecular formula is C20H35N5O2. The van der Waals surface area contributed by atoms with Crippen LogP contribution in [-0.4, -0.2) is 73.5 Å². The van der Waals surface area contributed by atoms with E-state index in [-0.39, 0.29) is 12.2 Å². The lowest BCUT2D eigenvalue weighted by molar-refractivity contribution is -0.0798. The maximum absolute atomic E-state index is 6.24. The van der Waals surface area contributed by atoms with Gasteiger partial charge < -0.3 is 25.0 Å². The lowest BCUT2D eigenvalue weighted by Gasteiger charge is -2.35. The number of anilines is 2. The van der Waals surface area contributed by atoms with Crippen LogP contribution in [0.25, 0.3) is 0 Å². The van der Waals surface area contributed by atoms with E-state index in [1.165, 1.54) is 25.9 Å². The van der Waals surface area contributed by atoms with Crippen LogP contribution in [0, 0.1) is 6.92 Å². The molecule has 2 N–H and O–H groups in total. The van der Waals surface area contributed by atoms with Gasteiger partial charge in [-0.3, -0.25) is 0 Å². The zero-order chi connectivity index (χ0) is 19.1. The molecule has 2 fully saturated rings. The predicted octanol–water partition coefficient (Wildman–Crippen LogP) is 2.68. The summed E-state index contributed by atoms with van der Waals surface area (Å²) in [4.78, 5) is 11.6. The van der Waals surface area contributed by atoms with Crippen molar-refractivity contribution in [1.82, 2.24) is 14.9 Å². The molecule has 1 aromatic rings. The summed E-state index contributed by atoms with van der Waals surface area (Å²) in [5.41, 5.74) is 0.956. The van der Waals surface area contributed by atoms with Crippen LogP contribution in [0.1, 0.15) is 44.2 Å². The van der Waals surface area contributed by atoms with Crippen LogP contribution in [0.4, 0.5) is 11.8 Å². The average Bonchev–Trinajstić information content (AvgIpc) is 3.18. The molecule has 1 saturated carbocycles. The first kappa shape index (κ1) is 20.3. The van der Waals surface area contributed by atoms with E-state index in [1.54, 1.807) is 7.11 Å². The van der Waals surface area contributed by atoms with E-state index in [1.807, 2.05) is 20.0 Å². The summed E-state index contributed by atoms with van der Waals surface area (Å²) in [5.74, 6) is 1.53. The topological polar surface area (TPSA) is 71.5 Å². The van der Waals surface area contributed by atoms with Crippen molar-refractivity contribution in [3.8, 4) is 0 Å². The maximum atomic E-state index is 6.24. The van der Waals surface area contributed by atoms with Crippen molar-refractivity contribution in [2.24, 2.45) is 0 Å². The van der Waals surface area contributed by atoms with Gasteiger partial charge in [0.25, 0.3) is 0 Å². The van der Waals surface area contributed by atoms with Gasteiger partial charge in [0.1, 0.15) is 5.82 Å². The van der Waals surface area contributed by atoms with Crippen LogP contribution in [0.3, 0.4) is 0 Å². The number of aryl methyl sites for hydroxylation is 1. The first-order chi connectivity index (χ1) is 13.2. The number of ether oxygens (including phenoxy) is 2. The molecule has 0 amide bonds. The van der Waals surface area contributed by atoms with Gasteiger partial charge in [-0.25, -0.2) is 4.98 Å². The quantitative estimate of drug-likeness (QED) is 0.641. The normalized spacial score (nSPS) is 26.3. The second-order valence-electron chi connectivity index (χ2n) is 7.71. The molecule has 3 unspecified atom stereocenters. The largest absolute Gasteiger partial charge is 0.379 e. The highest BCUT2D eigenvalue weighted by Gasteiger charge is 2.31. The Morgan fingerprint density at radius 1 is 1.19 bits per heavy atom. The molecule has 3 atom stereocenters. The van der Waals surface area contributed by atoms with Gasteiger partial charge in [0.05, 0.1) is 12.2 Å². The maximum Gasteiger partial charge on any atom is 0.225 e. The Bertz CT molecular complexity index is 579. The van der Waals surface area contributed by atoms with Crippen LogP contribution in [-0.2, 0) is 9.47 Å². The fraction of sp³-hybridized carbons (Fsp3) is 0.800. The van der Waals surface area contributed by atoms with Crippen LogP contribution in [0.15, 0.2) is 6.07 Å². The van der Waals surface area contributed by atoms with Crippen molar-refractivity contribution < 1.29 is 9.47 Å². The monoisotopic (exact) mass is 377 g/mol. The Kier molecular flexibility index (Phi) is 7.67. The third-order valence-corrected chi connectivity index (χ3v) is 5.63. The molecule has 7 heteroatoms. The lowest BCUT2D eigenvalue weighted by Crippen LogP contribution is -2.42. The second kappa shape index (κ2) is 10.2. The van der Waals surface area contributed by atoms with E-state index in [4.69, 9.17) is 9.47 Å². The van der Waals surface area contributed by atoms with Crippen molar-refractivity contribution in [3.63, 3.8) is 0 Å². The fourth-order valence-corrected chi connectivity index (χ4v) is 4.15. The van der Waals surface area contributed by atoms with Crippen LogP contribution in [0.2, 0.25) is 0 Å². The summed E-state index contributed by atoms with van der Waals surface area (Å²) in [7, 11) is 3.67. The van der Waals surface area contributed by atoms with Gasteiger partial charge in [-0.05, 0) is 58.5 Å². The van der Waals surface area contributed by atoms with Gasteiger partial charge >= 0.3 is 0 Å². The highest BCUT2D eigenvalue weighted by Crippen LogP contribution is 2.26. The van der Waals surface area contributed by atoms with E-state index in [9.17, 15) is 0 Å².